The van der Waals surface area contributed by atoms with Gasteiger partial charge in [-0.3, -0.25) is 0 Å². The van der Waals surface area contributed by atoms with E-state index in [2.05, 4.69) is 0 Å². The Kier molecular flexibility index (Phi) is 37.7. The van der Waals surface area contributed by atoms with E-state index in [0.717, 1.165) is 13.8 Å². The molecule has 0 aromatic rings. The second-order valence-corrected chi connectivity index (χ2v) is 13.1. The molecule has 0 aliphatic carbocycles. The summed E-state index contributed by atoms with van der Waals surface area (Å²) in [6.45, 7) is 2.24. The van der Waals surface area contributed by atoms with Gasteiger partial charge in [-0.25, -0.2) is 0 Å². The molecule has 0 saturated carbocycles. The third-order valence-electron chi connectivity index (χ3n) is 7.74. The summed E-state index contributed by atoms with van der Waals surface area (Å²) in [6, 6.07) is 0. The average Bonchev–Trinajstić information content (AvgIpc) is 3.24. The topological polar surface area (TPSA) is 551 Å². The lowest BCUT2D eigenvalue weighted by molar-refractivity contribution is -0.175. The molecular formula is C32H64O28. The largest absolute Gasteiger partial charge is 0.394 e. The lowest BCUT2D eigenvalue weighted by atomic mass is 9.89. The maximum atomic E-state index is 10.2. The Hall–Kier alpha value is -2.57. The highest BCUT2D eigenvalue weighted by Gasteiger charge is 2.41. The second-order valence-electron chi connectivity index (χ2n) is 13.1. The fraction of sp³-hybridized carbons (Fsp3) is 0.844. The zero-order valence-electron chi connectivity index (χ0n) is 32.7. The number of carbonyl (C=O) groups excluding carboxylic acids is 5. The Labute approximate surface area is 341 Å². The lowest BCUT2D eigenvalue weighted by Gasteiger charge is -2.33. The average molecular weight is 897 g/mol. The first-order valence-electron chi connectivity index (χ1n) is 17.1. The Bertz CT molecular complexity index is 1080. The Morgan fingerprint density at radius 3 is 0.900 bits per heavy atom. The van der Waals surface area contributed by atoms with Gasteiger partial charge in [0.25, 0.3) is 0 Å². The molecule has 0 aliphatic rings. The molecule has 0 spiro atoms. The van der Waals surface area contributed by atoms with E-state index >= 15 is 0 Å². The number of hydrogen-bond donors (Lipinski definition) is 23. The van der Waals surface area contributed by atoms with Crippen LogP contribution in [0.1, 0.15) is 27.7 Å². The molecule has 23 N–H and O–H groups in total. The molecule has 60 heavy (non-hydrogen) atoms. The van der Waals surface area contributed by atoms with Crippen LogP contribution in [0.4, 0.5) is 0 Å². The van der Waals surface area contributed by atoms with Crippen LogP contribution in [0.15, 0.2) is 0 Å². The zero-order valence-corrected chi connectivity index (χ0v) is 32.7. The summed E-state index contributed by atoms with van der Waals surface area (Å²) in [5, 5.41) is 203. The van der Waals surface area contributed by atoms with E-state index in [-0.39, 0.29) is 31.4 Å². The minimum Gasteiger partial charge on any atom is -0.394 e. The number of hydrogen-bond acceptors (Lipinski definition) is 28. The number of carbonyl (C=O) groups is 5. The van der Waals surface area contributed by atoms with Gasteiger partial charge in [-0.15, -0.1) is 0 Å². The van der Waals surface area contributed by atoms with Crippen molar-refractivity contribution in [2.45, 2.75) is 149 Å². The molecule has 0 aliphatic heterocycles. The molecule has 0 rings (SSSR count). The van der Waals surface area contributed by atoms with Crippen molar-refractivity contribution in [1.82, 2.24) is 0 Å². The molecule has 0 heterocycles. The van der Waals surface area contributed by atoms with Gasteiger partial charge in [0, 0.05) is 0 Å². The van der Waals surface area contributed by atoms with Crippen molar-refractivity contribution in [2.24, 2.45) is 0 Å². The predicted molar refractivity (Wildman–Crippen MR) is 192 cm³/mol. The maximum absolute atomic E-state index is 10.2. The number of aldehydes is 5. The minimum atomic E-state index is -2.13. The van der Waals surface area contributed by atoms with E-state index in [1.54, 1.807) is 0 Å². The van der Waals surface area contributed by atoms with Crippen LogP contribution in [-0.2, 0) is 24.0 Å². The van der Waals surface area contributed by atoms with Gasteiger partial charge in [-0.2, -0.15) is 0 Å². The maximum Gasteiger partial charge on any atom is 0.154 e. The molecule has 0 radical (unpaired) electrons. The minimum absolute atomic E-state index is 0.0258. The van der Waals surface area contributed by atoms with Crippen molar-refractivity contribution < 1.29 is 141 Å². The number of aliphatic hydroxyl groups is 23. The van der Waals surface area contributed by atoms with Crippen LogP contribution in [0.2, 0.25) is 0 Å². The summed E-state index contributed by atoms with van der Waals surface area (Å²) in [7, 11) is 0. The highest BCUT2D eigenvalue weighted by atomic mass is 16.4. The molecule has 28 heteroatoms. The fourth-order valence-electron chi connectivity index (χ4n) is 3.29. The smallest absolute Gasteiger partial charge is 0.154 e. The monoisotopic (exact) mass is 896 g/mol. The van der Waals surface area contributed by atoms with Gasteiger partial charge < -0.3 is 141 Å². The van der Waals surface area contributed by atoms with Crippen LogP contribution in [0.25, 0.3) is 0 Å². The van der Waals surface area contributed by atoms with E-state index < -0.39 is 141 Å². The molecule has 360 valence electrons. The summed E-state index contributed by atoms with van der Waals surface area (Å²) in [5.74, 6) is 0. The first-order valence-corrected chi connectivity index (χ1v) is 17.1. The summed E-state index contributed by atoms with van der Waals surface area (Å²) < 4.78 is 0. The summed E-state index contributed by atoms with van der Waals surface area (Å²) in [4.78, 5) is 49.9. The highest BCUT2D eigenvalue weighted by molar-refractivity contribution is 5.62. The summed E-state index contributed by atoms with van der Waals surface area (Å²) >= 11 is 0. The third-order valence-corrected chi connectivity index (χ3v) is 7.74. The van der Waals surface area contributed by atoms with Crippen LogP contribution >= 0.6 is 0 Å². The van der Waals surface area contributed by atoms with E-state index in [1.165, 1.54) is 13.8 Å². The van der Waals surface area contributed by atoms with Gasteiger partial charge in [0.05, 0.1) is 32.0 Å². The van der Waals surface area contributed by atoms with Crippen molar-refractivity contribution in [3.63, 3.8) is 0 Å². The molecule has 0 saturated heterocycles. The van der Waals surface area contributed by atoms with Crippen LogP contribution in [0.3, 0.4) is 0 Å². The van der Waals surface area contributed by atoms with Crippen LogP contribution in [0, 0.1) is 0 Å². The quantitative estimate of drug-likeness (QED) is 0.0423. The lowest BCUT2D eigenvalue weighted by Crippen LogP contribution is -2.56. The molecule has 28 nitrogen and oxygen atoms in total. The first kappa shape index (κ1) is 66.5. The molecule has 20 atom stereocenters. The molecular weight excluding hydrogens is 832 g/mol. The molecule has 0 aromatic carbocycles. The van der Waals surface area contributed by atoms with E-state index in [0.29, 0.717) is 0 Å². The van der Waals surface area contributed by atoms with Gasteiger partial charge in [-0.05, 0) is 27.7 Å². The van der Waals surface area contributed by atoms with Crippen molar-refractivity contribution >= 4 is 31.4 Å². The summed E-state index contributed by atoms with van der Waals surface area (Å²) in [5.41, 5.74) is -4.16. The first-order chi connectivity index (χ1) is 27.3. The Morgan fingerprint density at radius 1 is 0.400 bits per heavy atom. The molecule has 0 aromatic heterocycles. The molecule has 0 fully saturated rings. The van der Waals surface area contributed by atoms with Gasteiger partial charge in [0.15, 0.2) is 31.4 Å². The predicted octanol–water partition coefficient (Wildman–Crippen LogP) is -14.1. The molecule has 0 amide bonds. The molecule has 20 unspecified atom stereocenters. The second kappa shape index (κ2) is 34.0. The van der Waals surface area contributed by atoms with Crippen molar-refractivity contribution in [1.29, 1.82) is 0 Å². The standard InChI is InChI=1S/C7H14O6.C7H14O5.2C6H12O6.C6H12O5/c1-7(13,5(11)3-9)6(12)4(10)2-8;1-4(9)5(10)6(11)7(2,12)3-8;2*7-1-3(9)5(11)6(12)4(10)2-8;1-3(8)5(10)6(11)4(9)2-7/h2,4-6,9-13H,3H2,1H3;3-6,9-12H,1-2H3;2*1,3-6,8-12H,2H2;2-6,8-11H,1H3. The fourth-order valence-corrected chi connectivity index (χ4v) is 3.29. The van der Waals surface area contributed by atoms with Crippen molar-refractivity contribution in [3.8, 4) is 0 Å². The summed E-state index contributed by atoms with van der Waals surface area (Å²) in [6.07, 6.45) is -29.1. The zero-order chi connectivity index (χ0) is 49.0. The van der Waals surface area contributed by atoms with E-state index in [9.17, 15) is 29.1 Å². The third kappa shape index (κ3) is 25.4. The normalized spacial score (nSPS) is 22.2. The highest BCUT2D eigenvalue weighted by Crippen LogP contribution is 2.17. The molecule has 0 bridgehead atoms. The van der Waals surface area contributed by atoms with Crippen LogP contribution in [-0.4, -0.2) is 290 Å². The number of rotatable bonds is 23. The van der Waals surface area contributed by atoms with Gasteiger partial charge in [0.2, 0.25) is 0 Å². The Balaban J connectivity index is -0.000000210. The SMILES string of the molecule is CC(O)(C(O)CO)C(O)C(O)C=O.CC(O)C(O)C(O)C(C)(O)C=O.CC(O)C(O)C(O)C(O)C=O.O=CC(O)C(O)C(O)C(O)CO.O=CC(O)C(O)C(O)C(O)CO. The van der Waals surface area contributed by atoms with Crippen molar-refractivity contribution in [2.75, 3.05) is 19.8 Å². The number of aliphatic hydroxyl groups excluding tert-OH is 21. The van der Waals surface area contributed by atoms with E-state index in [4.69, 9.17) is 112 Å². The van der Waals surface area contributed by atoms with Gasteiger partial charge in [-0.1, -0.05) is 0 Å². The van der Waals surface area contributed by atoms with Crippen molar-refractivity contribution in [3.05, 3.63) is 0 Å². The van der Waals surface area contributed by atoms with Crippen LogP contribution in [0.5, 0.6) is 0 Å². The van der Waals surface area contributed by atoms with E-state index in [1.807, 2.05) is 0 Å². The Morgan fingerprint density at radius 2 is 0.683 bits per heavy atom. The van der Waals surface area contributed by atoms with Gasteiger partial charge in [0.1, 0.15) is 109 Å². The van der Waals surface area contributed by atoms with Gasteiger partial charge >= 0.3 is 0 Å². The van der Waals surface area contributed by atoms with Crippen LogP contribution < -0.4 is 0 Å².